The first-order valence-electron chi connectivity index (χ1n) is 12.0. The van der Waals surface area contributed by atoms with Crippen molar-refractivity contribution in [3.05, 3.63) is 52.8 Å². The number of benzene rings is 2. The summed E-state index contributed by atoms with van der Waals surface area (Å²) in [5.74, 6) is -2.85. The Morgan fingerprint density at radius 1 is 1.18 bits per heavy atom. The highest BCUT2D eigenvalue weighted by molar-refractivity contribution is 7.99. The fraction of sp³-hybridized carbons (Fsp3) is 0.480. The Hall–Kier alpha value is -1.99. The molecule has 2 N–H and O–H groups in total. The van der Waals surface area contributed by atoms with Gasteiger partial charge in [-0.3, -0.25) is 4.79 Å². The molecule has 13 heteroatoms. The Balaban J connectivity index is 1.77. The first-order valence-corrected chi connectivity index (χ1v) is 14.8. The van der Waals surface area contributed by atoms with Gasteiger partial charge in [-0.25, -0.2) is 26.3 Å². The lowest BCUT2D eigenvalue weighted by molar-refractivity contribution is -0.148. The molecule has 2 atom stereocenters. The summed E-state index contributed by atoms with van der Waals surface area (Å²) < 4.78 is 75.7. The van der Waals surface area contributed by atoms with E-state index in [2.05, 4.69) is 5.32 Å². The van der Waals surface area contributed by atoms with Crippen LogP contribution in [0.3, 0.4) is 0 Å². The van der Waals surface area contributed by atoms with Crippen LogP contribution in [0.2, 0.25) is 5.02 Å². The number of hydrogen-bond donors (Lipinski definition) is 2. The lowest BCUT2D eigenvalue weighted by Gasteiger charge is -2.32. The maximum Gasteiger partial charge on any atom is 0.265 e. The van der Waals surface area contributed by atoms with E-state index in [-0.39, 0.29) is 15.6 Å². The van der Waals surface area contributed by atoms with E-state index in [0.717, 1.165) is 42.4 Å². The van der Waals surface area contributed by atoms with Crippen LogP contribution in [0, 0.1) is 17.5 Å². The molecule has 1 aliphatic heterocycles. The van der Waals surface area contributed by atoms with Crippen molar-refractivity contribution < 1.29 is 31.1 Å². The average Bonchev–Trinajstić information content (AvgIpc) is 2.83. The Kier molecular flexibility index (Phi) is 10.4. The van der Waals surface area contributed by atoms with Gasteiger partial charge >= 0.3 is 0 Å². The van der Waals surface area contributed by atoms with Gasteiger partial charge in [0.25, 0.3) is 15.9 Å². The molecule has 210 valence electrons. The van der Waals surface area contributed by atoms with E-state index in [1.54, 1.807) is 0 Å². The van der Waals surface area contributed by atoms with E-state index in [1.807, 2.05) is 23.7 Å². The molecule has 3 rings (SSSR count). The van der Waals surface area contributed by atoms with Crippen LogP contribution in [0.4, 0.5) is 18.9 Å². The molecule has 1 amide bonds. The van der Waals surface area contributed by atoms with Crippen molar-refractivity contribution in [3.63, 3.8) is 0 Å². The number of carbonyl (C=O) groups is 1. The van der Waals surface area contributed by atoms with Crippen molar-refractivity contribution in [2.45, 2.75) is 54.0 Å². The molecule has 0 saturated carbocycles. The molecular weight excluding hydrogens is 563 g/mol. The molecule has 7 nitrogen and oxygen atoms in total. The topological polar surface area (TPSA) is 87.7 Å². The first-order chi connectivity index (χ1) is 17.8. The second kappa shape index (κ2) is 12.9. The molecule has 1 saturated heterocycles. The molecule has 0 radical (unpaired) electrons. The van der Waals surface area contributed by atoms with Crippen molar-refractivity contribution in [1.82, 2.24) is 9.62 Å². The number of sulfonamides is 1. The number of ether oxygens (including phenoxy) is 1. The predicted octanol–water partition coefficient (Wildman–Crippen LogP) is 5.05. The van der Waals surface area contributed by atoms with E-state index in [9.17, 15) is 22.0 Å². The van der Waals surface area contributed by atoms with Crippen molar-refractivity contribution in [2.24, 2.45) is 0 Å². The second-order valence-corrected chi connectivity index (χ2v) is 12.7. The predicted molar refractivity (Wildman–Crippen MR) is 143 cm³/mol. The zero-order valence-electron chi connectivity index (χ0n) is 21.3. The first kappa shape index (κ1) is 30.6. The Labute approximate surface area is 230 Å². The van der Waals surface area contributed by atoms with Crippen LogP contribution in [-0.2, 0) is 19.6 Å². The van der Waals surface area contributed by atoms with Crippen LogP contribution >= 0.6 is 23.4 Å². The maximum atomic E-state index is 15.2. The monoisotopic (exact) mass is 593 g/mol. The minimum atomic E-state index is -4.43. The Bertz CT molecular complexity index is 1240. The van der Waals surface area contributed by atoms with Crippen LogP contribution in [0.25, 0.3) is 0 Å². The molecule has 38 heavy (non-hydrogen) atoms. The smallest absolute Gasteiger partial charge is 0.265 e. The molecule has 0 aromatic heterocycles. The summed E-state index contributed by atoms with van der Waals surface area (Å²) in [6, 6.07) is 4.72. The van der Waals surface area contributed by atoms with Gasteiger partial charge in [-0.05, 0) is 77.5 Å². The van der Waals surface area contributed by atoms with Gasteiger partial charge in [0.15, 0.2) is 0 Å². The van der Waals surface area contributed by atoms with E-state index < -0.39 is 49.9 Å². The van der Waals surface area contributed by atoms with Crippen LogP contribution in [0.1, 0.15) is 32.6 Å². The zero-order chi connectivity index (χ0) is 28.1. The molecule has 1 fully saturated rings. The quantitative estimate of drug-likeness (QED) is 0.353. The molecule has 0 bridgehead atoms. The van der Waals surface area contributed by atoms with E-state index in [1.165, 1.54) is 13.0 Å². The number of hydrogen-bond acceptors (Lipinski definition) is 7. The standard InChI is InChI=1S/C25H31ClF3N3O4S2/c1-25(9-4-5-11-36-25)24(33)31-38(34,35)18-13-19(26)23(21(29)14-18)30-17(8-10-32(2)3)15-37-22-7-6-16(27)12-20(22)28/h6-7,12-14,17,30H,4-5,8-11,15H2,1-3H3,(H,31,33)/t17-,25-/m1/s1. The van der Waals surface area contributed by atoms with Gasteiger partial charge in [0, 0.05) is 29.4 Å². The number of nitrogens with zero attached hydrogens (tertiary/aromatic N) is 1. The molecule has 0 unspecified atom stereocenters. The van der Waals surface area contributed by atoms with E-state index in [0.29, 0.717) is 38.2 Å². The van der Waals surface area contributed by atoms with Gasteiger partial charge < -0.3 is 15.0 Å². The summed E-state index contributed by atoms with van der Waals surface area (Å²) in [7, 11) is -0.698. The largest absolute Gasteiger partial charge is 0.378 e. The van der Waals surface area contributed by atoms with Gasteiger partial charge in [0.2, 0.25) is 0 Å². The van der Waals surface area contributed by atoms with Crippen LogP contribution in [0.15, 0.2) is 40.1 Å². The van der Waals surface area contributed by atoms with Crippen LogP contribution in [-0.4, -0.2) is 63.9 Å². The summed E-state index contributed by atoms with van der Waals surface area (Å²) in [5.41, 5.74) is -1.42. The van der Waals surface area contributed by atoms with Crippen LogP contribution < -0.4 is 10.0 Å². The summed E-state index contributed by atoms with van der Waals surface area (Å²) in [4.78, 5) is 14.3. The summed E-state index contributed by atoms with van der Waals surface area (Å²) in [5, 5.41) is 2.79. The lowest BCUT2D eigenvalue weighted by atomic mass is 9.95. The van der Waals surface area contributed by atoms with Crippen molar-refractivity contribution in [1.29, 1.82) is 0 Å². The number of halogens is 4. The highest BCUT2D eigenvalue weighted by Gasteiger charge is 2.38. The average molecular weight is 594 g/mol. The van der Waals surface area contributed by atoms with Gasteiger partial charge in [0.1, 0.15) is 23.1 Å². The number of anilines is 1. The van der Waals surface area contributed by atoms with Crippen molar-refractivity contribution >= 4 is 45.0 Å². The van der Waals surface area contributed by atoms with E-state index >= 15 is 4.39 Å². The van der Waals surface area contributed by atoms with Crippen LogP contribution in [0.5, 0.6) is 0 Å². The minimum absolute atomic E-state index is 0.122. The zero-order valence-corrected chi connectivity index (χ0v) is 23.7. The van der Waals surface area contributed by atoms with E-state index in [4.69, 9.17) is 16.3 Å². The number of thioether (sulfide) groups is 1. The molecule has 0 aliphatic carbocycles. The second-order valence-electron chi connectivity index (χ2n) is 9.55. The minimum Gasteiger partial charge on any atom is -0.378 e. The normalized spacial score (nSPS) is 18.8. The number of nitrogens with one attached hydrogen (secondary N) is 2. The highest BCUT2D eigenvalue weighted by Crippen LogP contribution is 2.32. The molecule has 1 heterocycles. The number of amides is 1. The van der Waals surface area contributed by atoms with Crippen molar-refractivity contribution in [3.8, 4) is 0 Å². The third-order valence-electron chi connectivity index (χ3n) is 6.11. The molecule has 2 aromatic rings. The maximum absolute atomic E-state index is 15.2. The molecular formula is C25H31ClF3N3O4S2. The Morgan fingerprint density at radius 3 is 2.53 bits per heavy atom. The van der Waals surface area contributed by atoms with Crippen molar-refractivity contribution in [2.75, 3.05) is 38.3 Å². The Morgan fingerprint density at radius 2 is 1.92 bits per heavy atom. The molecule has 1 aliphatic rings. The number of carbonyl (C=O) groups excluding carboxylic acids is 1. The SMILES string of the molecule is CN(C)CC[C@H](CSc1ccc(F)cc1F)Nc1c(F)cc(S(=O)(=O)NC(=O)[C@@]2(C)CCCCO2)cc1Cl. The summed E-state index contributed by atoms with van der Waals surface area (Å²) in [6.07, 6.45) is 2.37. The van der Waals surface area contributed by atoms with Gasteiger partial charge in [-0.15, -0.1) is 11.8 Å². The fourth-order valence-electron chi connectivity index (χ4n) is 3.84. The number of rotatable bonds is 11. The molecule has 2 aromatic carbocycles. The molecule has 0 spiro atoms. The summed E-state index contributed by atoms with van der Waals surface area (Å²) in [6.45, 7) is 2.47. The summed E-state index contributed by atoms with van der Waals surface area (Å²) >= 11 is 7.43. The fourth-order valence-corrected chi connectivity index (χ4v) is 6.27. The van der Waals surface area contributed by atoms with Gasteiger partial charge in [-0.1, -0.05) is 11.6 Å². The third-order valence-corrected chi connectivity index (χ3v) is 8.93. The van der Waals surface area contributed by atoms with Gasteiger partial charge in [-0.2, -0.15) is 0 Å². The highest BCUT2D eigenvalue weighted by atomic mass is 35.5. The lowest BCUT2D eigenvalue weighted by Crippen LogP contribution is -2.50. The third kappa shape index (κ3) is 8.01. The van der Waals surface area contributed by atoms with Gasteiger partial charge in [0.05, 0.1) is 15.6 Å².